The molecular weight excluding hydrogens is 402 g/mol. The minimum absolute atomic E-state index is 0.0305. The number of rotatable bonds is 4. The number of hydrogen-bond acceptors (Lipinski definition) is 8. The zero-order chi connectivity index (χ0) is 22.1. The first-order valence-corrected chi connectivity index (χ1v) is 9.12. The number of non-ortho nitro benzene ring substituents is 1. The van der Waals surface area contributed by atoms with E-state index in [0.29, 0.717) is 22.8 Å². The second-order valence-corrected chi connectivity index (χ2v) is 6.77. The third kappa shape index (κ3) is 3.70. The quantitative estimate of drug-likeness (QED) is 0.291. The molecule has 1 aliphatic heterocycles. The molecule has 4 rings (SSSR count). The number of furan rings is 1. The molecule has 0 amide bonds. The fourth-order valence-electron chi connectivity index (χ4n) is 3.31. The van der Waals surface area contributed by atoms with Gasteiger partial charge in [-0.3, -0.25) is 10.1 Å². The average molecular weight is 417 g/mol. The van der Waals surface area contributed by atoms with Gasteiger partial charge < -0.3 is 19.6 Å². The lowest BCUT2D eigenvalue weighted by Gasteiger charge is -2.25. The van der Waals surface area contributed by atoms with Gasteiger partial charge in [0, 0.05) is 23.8 Å². The Morgan fingerprint density at radius 3 is 2.71 bits per heavy atom. The van der Waals surface area contributed by atoms with Gasteiger partial charge in [-0.15, -0.1) is 0 Å². The van der Waals surface area contributed by atoms with Gasteiger partial charge in [0.15, 0.2) is 0 Å². The fraction of sp³-hybridized carbons (Fsp3) is 0.0909. The zero-order valence-electron chi connectivity index (χ0n) is 16.2. The number of esters is 1. The van der Waals surface area contributed by atoms with Crippen LogP contribution in [-0.4, -0.2) is 10.9 Å². The maximum Gasteiger partial charge on any atom is 0.343 e. The standard InChI is InChI=1S/C22H15N3O6/c1-12-5-8-18(29-12)20-16-7-6-15(10-19(16)31-21(24)17(20)11-23)30-22(26)13-3-2-4-14(9-13)25(27)28/h2-10,20H,24H2,1H3. The second-order valence-electron chi connectivity index (χ2n) is 6.77. The van der Waals surface area contributed by atoms with Gasteiger partial charge in [0.25, 0.3) is 5.69 Å². The molecule has 1 atom stereocenters. The summed E-state index contributed by atoms with van der Waals surface area (Å²) in [6.45, 7) is 1.79. The van der Waals surface area contributed by atoms with Gasteiger partial charge in [0.2, 0.25) is 5.88 Å². The third-order valence-electron chi connectivity index (χ3n) is 4.74. The first-order chi connectivity index (χ1) is 14.9. The van der Waals surface area contributed by atoms with E-state index >= 15 is 0 Å². The van der Waals surface area contributed by atoms with Crippen LogP contribution < -0.4 is 15.2 Å². The molecule has 0 fully saturated rings. The van der Waals surface area contributed by atoms with Gasteiger partial charge in [-0.2, -0.15) is 5.26 Å². The molecule has 0 saturated heterocycles. The summed E-state index contributed by atoms with van der Waals surface area (Å²) >= 11 is 0. The molecule has 0 radical (unpaired) electrons. The van der Waals surface area contributed by atoms with Crippen LogP contribution in [0.25, 0.3) is 0 Å². The highest BCUT2D eigenvalue weighted by Crippen LogP contribution is 2.43. The first kappa shape index (κ1) is 19.7. The molecule has 9 heteroatoms. The van der Waals surface area contributed by atoms with Crippen molar-refractivity contribution in [3.63, 3.8) is 0 Å². The van der Waals surface area contributed by atoms with Gasteiger partial charge in [0.05, 0.1) is 16.4 Å². The Morgan fingerprint density at radius 1 is 1.23 bits per heavy atom. The molecule has 31 heavy (non-hydrogen) atoms. The van der Waals surface area contributed by atoms with Crippen molar-refractivity contribution in [1.82, 2.24) is 0 Å². The van der Waals surface area contributed by atoms with E-state index < -0.39 is 16.8 Å². The van der Waals surface area contributed by atoms with Gasteiger partial charge in [-0.25, -0.2) is 4.79 Å². The molecular formula is C22H15N3O6. The van der Waals surface area contributed by atoms with Crippen LogP contribution in [0.3, 0.4) is 0 Å². The molecule has 0 aliphatic carbocycles. The van der Waals surface area contributed by atoms with Gasteiger partial charge in [0.1, 0.15) is 34.7 Å². The van der Waals surface area contributed by atoms with E-state index in [1.165, 1.54) is 30.3 Å². The summed E-state index contributed by atoms with van der Waals surface area (Å²) in [5.74, 6) is 0.265. The molecule has 3 aromatic rings. The Labute approximate surface area is 176 Å². The van der Waals surface area contributed by atoms with Crippen molar-refractivity contribution in [2.24, 2.45) is 5.73 Å². The van der Waals surface area contributed by atoms with Crippen molar-refractivity contribution in [2.45, 2.75) is 12.8 Å². The Kier molecular flexibility index (Phi) is 4.89. The number of carbonyl (C=O) groups excluding carboxylic acids is 1. The molecule has 1 unspecified atom stereocenters. The number of nitro groups is 1. The molecule has 2 N–H and O–H groups in total. The van der Waals surface area contributed by atoms with Crippen molar-refractivity contribution in [1.29, 1.82) is 5.26 Å². The van der Waals surface area contributed by atoms with Gasteiger partial charge in [-0.1, -0.05) is 12.1 Å². The largest absolute Gasteiger partial charge is 0.465 e. The van der Waals surface area contributed by atoms with Crippen LogP contribution in [0.1, 0.15) is 33.4 Å². The monoisotopic (exact) mass is 417 g/mol. The number of nitrogens with two attached hydrogens (primary N) is 1. The Morgan fingerprint density at radius 2 is 2.03 bits per heavy atom. The van der Waals surface area contributed by atoms with E-state index in [-0.39, 0.29) is 28.5 Å². The van der Waals surface area contributed by atoms with Crippen molar-refractivity contribution in [3.05, 3.63) is 98.8 Å². The number of aryl methyl sites for hydroxylation is 1. The number of hydrogen-bond donors (Lipinski definition) is 1. The van der Waals surface area contributed by atoms with Crippen molar-refractivity contribution < 1.29 is 23.6 Å². The molecule has 1 aliphatic rings. The van der Waals surface area contributed by atoms with Crippen molar-refractivity contribution in [3.8, 4) is 17.6 Å². The lowest BCUT2D eigenvalue weighted by molar-refractivity contribution is -0.384. The fourth-order valence-corrected chi connectivity index (χ4v) is 3.31. The summed E-state index contributed by atoms with van der Waals surface area (Å²) in [5, 5.41) is 20.5. The topological polar surface area (TPSA) is 142 Å². The van der Waals surface area contributed by atoms with Crippen LogP contribution in [0.4, 0.5) is 5.69 Å². The summed E-state index contributed by atoms with van der Waals surface area (Å²) in [6.07, 6.45) is 0. The molecule has 0 spiro atoms. The Hall–Kier alpha value is -4.58. The summed E-state index contributed by atoms with van der Waals surface area (Å²) in [4.78, 5) is 22.8. The predicted octanol–water partition coefficient (Wildman–Crippen LogP) is 3.93. The Bertz CT molecular complexity index is 1280. The molecule has 1 aromatic heterocycles. The molecule has 2 aromatic carbocycles. The number of fused-ring (bicyclic) bond motifs is 1. The second kappa shape index (κ2) is 7.68. The van der Waals surface area contributed by atoms with E-state index in [0.717, 1.165) is 6.07 Å². The van der Waals surface area contributed by atoms with Crippen LogP contribution in [0.15, 0.2) is 70.5 Å². The first-order valence-electron chi connectivity index (χ1n) is 9.12. The number of nitriles is 1. The van der Waals surface area contributed by atoms with E-state index in [1.807, 2.05) is 0 Å². The molecule has 0 bridgehead atoms. The van der Waals surface area contributed by atoms with E-state index in [4.69, 9.17) is 19.6 Å². The SMILES string of the molecule is Cc1ccc(C2C(C#N)=C(N)Oc3cc(OC(=O)c4cccc([N+](=O)[O-])c4)ccc32)o1. The molecule has 2 heterocycles. The highest BCUT2D eigenvalue weighted by atomic mass is 16.6. The highest BCUT2D eigenvalue weighted by Gasteiger charge is 2.33. The van der Waals surface area contributed by atoms with Crippen LogP contribution in [-0.2, 0) is 0 Å². The van der Waals surface area contributed by atoms with Crippen LogP contribution >= 0.6 is 0 Å². The number of benzene rings is 2. The van der Waals surface area contributed by atoms with E-state index in [9.17, 15) is 20.2 Å². The van der Waals surface area contributed by atoms with Crippen molar-refractivity contribution in [2.75, 3.05) is 0 Å². The summed E-state index contributed by atoms with van der Waals surface area (Å²) in [7, 11) is 0. The summed E-state index contributed by atoms with van der Waals surface area (Å²) in [6, 6.07) is 15.5. The minimum Gasteiger partial charge on any atom is -0.465 e. The van der Waals surface area contributed by atoms with Gasteiger partial charge in [-0.05, 0) is 31.2 Å². The maximum atomic E-state index is 12.4. The molecule has 0 saturated carbocycles. The number of nitro benzene ring substituents is 1. The summed E-state index contributed by atoms with van der Waals surface area (Å²) in [5.41, 5.74) is 6.59. The van der Waals surface area contributed by atoms with E-state index in [1.54, 1.807) is 25.1 Å². The number of ether oxygens (including phenoxy) is 2. The lowest BCUT2D eigenvalue weighted by atomic mass is 9.87. The number of allylic oxidation sites excluding steroid dienone is 1. The van der Waals surface area contributed by atoms with Crippen LogP contribution in [0, 0.1) is 28.4 Å². The van der Waals surface area contributed by atoms with Crippen molar-refractivity contribution >= 4 is 11.7 Å². The van der Waals surface area contributed by atoms with E-state index in [2.05, 4.69) is 6.07 Å². The predicted molar refractivity (Wildman–Crippen MR) is 107 cm³/mol. The summed E-state index contributed by atoms with van der Waals surface area (Å²) < 4.78 is 16.6. The van der Waals surface area contributed by atoms with Crippen LogP contribution in [0.5, 0.6) is 11.5 Å². The highest BCUT2D eigenvalue weighted by molar-refractivity contribution is 5.91. The normalized spacial score (nSPS) is 14.9. The number of carbonyl (C=O) groups is 1. The average Bonchev–Trinajstić information content (AvgIpc) is 3.18. The molecule has 9 nitrogen and oxygen atoms in total. The Balaban J connectivity index is 1.66. The third-order valence-corrected chi connectivity index (χ3v) is 4.74. The number of nitrogens with zero attached hydrogens (tertiary/aromatic N) is 2. The minimum atomic E-state index is -0.765. The smallest absolute Gasteiger partial charge is 0.343 e. The van der Waals surface area contributed by atoms with Gasteiger partial charge >= 0.3 is 5.97 Å². The van der Waals surface area contributed by atoms with Crippen LogP contribution in [0.2, 0.25) is 0 Å². The zero-order valence-corrected chi connectivity index (χ0v) is 16.2. The lowest BCUT2D eigenvalue weighted by Crippen LogP contribution is -2.21. The maximum absolute atomic E-state index is 12.4. The molecule has 154 valence electrons.